The van der Waals surface area contributed by atoms with Crippen molar-refractivity contribution in [3.05, 3.63) is 27.3 Å². The SMILES string of the molecule is O=C(c1cc(I)ccc1O)N1CCN(CCBr)CC1. The molecule has 1 aromatic carbocycles. The van der Waals surface area contributed by atoms with E-state index in [1.54, 1.807) is 18.2 Å². The van der Waals surface area contributed by atoms with Crippen LogP contribution >= 0.6 is 38.5 Å². The second kappa shape index (κ2) is 6.90. The zero-order chi connectivity index (χ0) is 13.8. The van der Waals surface area contributed by atoms with Gasteiger partial charge in [0.15, 0.2) is 0 Å². The number of carbonyl (C=O) groups is 1. The molecule has 2 rings (SSSR count). The first-order valence-corrected chi connectivity index (χ1v) is 8.38. The number of phenolic OH excluding ortho intramolecular Hbond substituents is 1. The highest BCUT2D eigenvalue weighted by Gasteiger charge is 2.23. The van der Waals surface area contributed by atoms with E-state index in [-0.39, 0.29) is 11.7 Å². The molecule has 0 spiro atoms. The van der Waals surface area contributed by atoms with E-state index in [0.29, 0.717) is 5.56 Å². The molecule has 0 aliphatic carbocycles. The van der Waals surface area contributed by atoms with Crippen LogP contribution in [-0.2, 0) is 0 Å². The first-order chi connectivity index (χ1) is 9.11. The Hall–Kier alpha value is -0.340. The van der Waals surface area contributed by atoms with Crippen LogP contribution in [0.15, 0.2) is 18.2 Å². The van der Waals surface area contributed by atoms with Crippen LogP contribution in [0.4, 0.5) is 0 Å². The van der Waals surface area contributed by atoms with Gasteiger partial charge in [-0.25, -0.2) is 0 Å². The number of alkyl halides is 1. The van der Waals surface area contributed by atoms with Crippen molar-refractivity contribution in [1.82, 2.24) is 9.80 Å². The second-order valence-electron chi connectivity index (χ2n) is 4.48. The van der Waals surface area contributed by atoms with Crippen molar-refractivity contribution in [2.24, 2.45) is 0 Å². The topological polar surface area (TPSA) is 43.8 Å². The van der Waals surface area contributed by atoms with Crippen molar-refractivity contribution in [1.29, 1.82) is 0 Å². The monoisotopic (exact) mass is 438 g/mol. The quantitative estimate of drug-likeness (QED) is 0.580. The van der Waals surface area contributed by atoms with Gasteiger partial charge in [0.1, 0.15) is 5.75 Å². The van der Waals surface area contributed by atoms with Gasteiger partial charge >= 0.3 is 0 Å². The van der Waals surface area contributed by atoms with Crippen LogP contribution < -0.4 is 0 Å². The van der Waals surface area contributed by atoms with Crippen LogP contribution in [0.3, 0.4) is 0 Å². The van der Waals surface area contributed by atoms with Crippen molar-refractivity contribution < 1.29 is 9.90 Å². The maximum atomic E-state index is 12.4. The van der Waals surface area contributed by atoms with Crippen molar-refractivity contribution in [3.8, 4) is 5.75 Å². The highest BCUT2D eigenvalue weighted by Crippen LogP contribution is 2.22. The first kappa shape index (κ1) is 15.1. The summed E-state index contributed by atoms with van der Waals surface area (Å²) in [5.41, 5.74) is 0.404. The minimum absolute atomic E-state index is 0.0632. The van der Waals surface area contributed by atoms with Crippen LogP contribution in [0.5, 0.6) is 5.75 Å². The van der Waals surface area contributed by atoms with Gasteiger partial charge in [-0.15, -0.1) is 0 Å². The highest BCUT2D eigenvalue weighted by molar-refractivity contribution is 14.1. The average Bonchev–Trinajstić information content (AvgIpc) is 2.42. The fourth-order valence-electron chi connectivity index (χ4n) is 2.14. The Balaban J connectivity index is 2.03. The highest BCUT2D eigenvalue weighted by atomic mass is 127. The van der Waals surface area contributed by atoms with Crippen molar-refractivity contribution in [3.63, 3.8) is 0 Å². The zero-order valence-electron chi connectivity index (χ0n) is 10.5. The largest absolute Gasteiger partial charge is 0.507 e. The zero-order valence-corrected chi connectivity index (χ0v) is 14.2. The Labute approximate surface area is 135 Å². The van der Waals surface area contributed by atoms with E-state index in [1.807, 2.05) is 4.90 Å². The van der Waals surface area contributed by atoms with E-state index in [1.165, 1.54) is 0 Å². The Morgan fingerprint density at radius 3 is 2.63 bits per heavy atom. The molecule has 6 heteroatoms. The Bertz CT molecular complexity index is 462. The lowest BCUT2D eigenvalue weighted by Crippen LogP contribution is -2.49. The third kappa shape index (κ3) is 3.82. The molecule has 1 N–H and O–H groups in total. The number of piperazine rings is 1. The number of aromatic hydroxyl groups is 1. The number of halogens is 2. The van der Waals surface area contributed by atoms with Crippen LogP contribution in [-0.4, -0.2) is 58.9 Å². The van der Waals surface area contributed by atoms with E-state index in [9.17, 15) is 9.90 Å². The molecule has 0 aromatic heterocycles. The van der Waals surface area contributed by atoms with Crippen molar-refractivity contribution >= 4 is 44.4 Å². The number of phenols is 1. The van der Waals surface area contributed by atoms with E-state index in [0.717, 1.165) is 41.6 Å². The van der Waals surface area contributed by atoms with Gasteiger partial charge in [-0.2, -0.15) is 0 Å². The van der Waals surface area contributed by atoms with Gasteiger partial charge in [-0.3, -0.25) is 9.69 Å². The fraction of sp³-hybridized carbons (Fsp3) is 0.462. The minimum atomic E-state index is -0.0745. The molecule has 104 valence electrons. The van der Waals surface area contributed by atoms with Crippen molar-refractivity contribution in [2.75, 3.05) is 38.1 Å². The Kier molecular flexibility index (Phi) is 5.47. The lowest BCUT2D eigenvalue weighted by atomic mass is 10.1. The van der Waals surface area contributed by atoms with Gasteiger partial charge in [0.05, 0.1) is 5.56 Å². The van der Waals surface area contributed by atoms with Gasteiger partial charge < -0.3 is 10.0 Å². The Morgan fingerprint density at radius 1 is 1.32 bits per heavy atom. The van der Waals surface area contributed by atoms with Crippen molar-refractivity contribution in [2.45, 2.75) is 0 Å². The van der Waals surface area contributed by atoms with Crippen LogP contribution in [0.1, 0.15) is 10.4 Å². The standard InChI is InChI=1S/C13H16BrIN2O2/c14-3-4-16-5-7-17(8-6-16)13(19)11-9-10(15)1-2-12(11)18/h1-2,9,18H,3-8H2. The summed E-state index contributed by atoms with van der Waals surface area (Å²) in [6.45, 7) is 4.23. The molecule has 4 nitrogen and oxygen atoms in total. The number of carbonyl (C=O) groups excluding carboxylic acids is 1. The lowest BCUT2D eigenvalue weighted by Gasteiger charge is -2.34. The molecule has 1 amide bonds. The van der Waals surface area contributed by atoms with Crippen LogP contribution in [0.25, 0.3) is 0 Å². The maximum absolute atomic E-state index is 12.4. The van der Waals surface area contributed by atoms with E-state index in [2.05, 4.69) is 43.4 Å². The van der Waals surface area contributed by atoms with Gasteiger partial charge in [0.25, 0.3) is 5.91 Å². The number of amides is 1. The third-order valence-corrected chi connectivity index (χ3v) is 4.27. The van der Waals surface area contributed by atoms with E-state index < -0.39 is 0 Å². The summed E-state index contributed by atoms with van der Waals surface area (Å²) in [6.07, 6.45) is 0. The fourth-order valence-corrected chi connectivity index (χ4v) is 3.14. The van der Waals surface area contributed by atoms with Gasteiger partial charge in [-0.05, 0) is 40.8 Å². The summed E-state index contributed by atoms with van der Waals surface area (Å²) < 4.78 is 0.955. The molecular weight excluding hydrogens is 423 g/mol. The number of benzene rings is 1. The number of hydrogen-bond acceptors (Lipinski definition) is 3. The average molecular weight is 439 g/mol. The molecule has 19 heavy (non-hydrogen) atoms. The first-order valence-electron chi connectivity index (χ1n) is 6.18. The predicted molar refractivity (Wildman–Crippen MR) is 87.0 cm³/mol. The third-order valence-electron chi connectivity index (χ3n) is 3.25. The molecule has 0 radical (unpaired) electrons. The van der Waals surface area contributed by atoms with Crippen LogP contribution in [0, 0.1) is 3.57 Å². The Morgan fingerprint density at radius 2 is 2.00 bits per heavy atom. The normalized spacial score (nSPS) is 16.6. The molecule has 1 fully saturated rings. The summed E-state index contributed by atoms with van der Waals surface area (Å²) in [5.74, 6) is -0.0113. The van der Waals surface area contributed by atoms with Gasteiger partial charge in [0, 0.05) is 41.6 Å². The van der Waals surface area contributed by atoms with E-state index >= 15 is 0 Å². The number of rotatable bonds is 3. The summed E-state index contributed by atoms with van der Waals surface area (Å²) in [5, 5.41) is 10.8. The molecule has 1 aromatic rings. The molecule has 0 atom stereocenters. The smallest absolute Gasteiger partial charge is 0.257 e. The molecule has 0 bridgehead atoms. The summed E-state index contributed by atoms with van der Waals surface area (Å²) >= 11 is 5.57. The summed E-state index contributed by atoms with van der Waals surface area (Å²) in [4.78, 5) is 16.5. The molecule has 0 saturated carbocycles. The predicted octanol–water partition coefficient (Wildman–Crippen LogP) is 2.15. The maximum Gasteiger partial charge on any atom is 0.257 e. The molecule has 0 unspecified atom stereocenters. The molecule has 1 aliphatic rings. The van der Waals surface area contributed by atoms with Gasteiger partial charge in [-0.1, -0.05) is 15.9 Å². The van der Waals surface area contributed by atoms with Gasteiger partial charge in [0.2, 0.25) is 0 Å². The molecular formula is C13H16BrIN2O2. The molecule has 1 aliphatic heterocycles. The molecule has 1 saturated heterocycles. The minimum Gasteiger partial charge on any atom is -0.507 e. The lowest BCUT2D eigenvalue weighted by molar-refractivity contribution is 0.0642. The summed E-state index contributed by atoms with van der Waals surface area (Å²) in [7, 11) is 0. The second-order valence-corrected chi connectivity index (χ2v) is 6.52. The number of hydrogen-bond donors (Lipinski definition) is 1. The molecule has 1 heterocycles. The summed E-state index contributed by atoms with van der Waals surface area (Å²) in [6, 6.07) is 5.11. The van der Waals surface area contributed by atoms with Crippen LogP contribution in [0.2, 0.25) is 0 Å². The number of nitrogens with zero attached hydrogens (tertiary/aromatic N) is 2. The van der Waals surface area contributed by atoms with E-state index in [4.69, 9.17) is 0 Å².